The van der Waals surface area contributed by atoms with Gasteiger partial charge in [-0.25, -0.2) is 15.0 Å². The van der Waals surface area contributed by atoms with Gasteiger partial charge >= 0.3 is 0 Å². The molecule has 1 N–H and O–H groups in total. The molecule has 8 nitrogen and oxygen atoms in total. The summed E-state index contributed by atoms with van der Waals surface area (Å²) in [6, 6.07) is 17.1. The van der Waals surface area contributed by atoms with Gasteiger partial charge in [0, 0.05) is 55.8 Å². The van der Waals surface area contributed by atoms with Gasteiger partial charge in [0.05, 0.1) is 12.2 Å². The number of carbonyl (C=O) groups excluding carboxylic acids is 1. The molecule has 0 unspecified atom stereocenters. The summed E-state index contributed by atoms with van der Waals surface area (Å²) in [5, 5.41) is 4.82. The average molecular weight is 455 g/mol. The van der Waals surface area contributed by atoms with Crippen LogP contribution in [0.1, 0.15) is 17.3 Å². The minimum absolute atomic E-state index is 0.189. The van der Waals surface area contributed by atoms with E-state index in [4.69, 9.17) is 9.72 Å². The number of pyridine rings is 1. The Morgan fingerprint density at radius 2 is 1.56 bits per heavy atom. The molecule has 1 aliphatic rings. The topological polar surface area (TPSA) is 83.5 Å². The summed E-state index contributed by atoms with van der Waals surface area (Å²) < 4.78 is 5.47. The van der Waals surface area contributed by atoms with E-state index in [0.717, 1.165) is 54.5 Å². The lowest BCUT2D eigenvalue weighted by molar-refractivity contribution is 0.102. The largest absolute Gasteiger partial charge is 0.494 e. The molecule has 4 aromatic rings. The number of carbonyl (C=O) groups is 1. The van der Waals surface area contributed by atoms with Crippen LogP contribution in [0.15, 0.2) is 73.2 Å². The van der Waals surface area contributed by atoms with Crippen LogP contribution in [0.3, 0.4) is 0 Å². The molecular formula is C26H26N6O2. The molecule has 0 aliphatic carbocycles. The summed E-state index contributed by atoms with van der Waals surface area (Å²) in [5.74, 6) is 2.23. The molecule has 3 heterocycles. The van der Waals surface area contributed by atoms with Gasteiger partial charge in [-0.1, -0.05) is 24.3 Å². The van der Waals surface area contributed by atoms with Crippen LogP contribution in [0, 0.1) is 0 Å². The van der Waals surface area contributed by atoms with Crippen molar-refractivity contribution >= 4 is 34.1 Å². The van der Waals surface area contributed by atoms with Crippen LogP contribution in [0.4, 0.5) is 17.5 Å². The number of rotatable bonds is 6. The Labute approximate surface area is 198 Å². The monoisotopic (exact) mass is 454 g/mol. The van der Waals surface area contributed by atoms with E-state index >= 15 is 0 Å². The molecule has 0 bridgehead atoms. The van der Waals surface area contributed by atoms with Crippen molar-refractivity contribution < 1.29 is 9.53 Å². The number of ether oxygens (including phenoxy) is 1. The Kier molecular flexibility index (Phi) is 6.20. The number of amides is 1. The molecule has 0 atom stereocenters. The van der Waals surface area contributed by atoms with Gasteiger partial charge in [0.1, 0.15) is 11.6 Å². The molecule has 2 aromatic carbocycles. The lowest BCUT2D eigenvalue weighted by Gasteiger charge is -2.35. The van der Waals surface area contributed by atoms with Gasteiger partial charge in [0.15, 0.2) is 0 Å². The highest BCUT2D eigenvalue weighted by Crippen LogP contribution is 2.29. The molecule has 1 fully saturated rings. The summed E-state index contributed by atoms with van der Waals surface area (Å²) >= 11 is 0. The van der Waals surface area contributed by atoms with Gasteiger partial charge in [-0.2, -0.15) is 0 Å². The molecule has 0 radical (unpaired) electrons. The van der Waals surface area contributed by atoms with Crippen molar-refractivity contribution in [2.24, 2.45) is 0 Å². The molecule has 2 aromatic heterocycles. The number of hydrogen-bond donors (Lipinski definition) is 1. The predicted molar refractivity (Wildman–Crippen MR) is 134 cm³/mol. The smallest absolute Gasteiger partial charge is 0.257 e. The molecule has 1 aliphatic heterocycles. The van der Waals surface area contributed by atoms with Crippen LogP contribution in [-0.2, 0) is 0 Å². The SMILES string of the molecule is CCOc1ccc(NC(=O)c2cnc(N3CCN(c4ncccn4)CC3)c3ccccc23)cc1. The Bertz CT molecular complexity index is 1270. The molecule has 34 heavy (non-hydrogen) atoms. The molecule has 0 saturated carbocycles. The summed E-state index contributed by atoms with van der Waals surface area (Å²) in [6.45, 7) is 5.75. The maximum absolute atomic E-state index is 13.1. The first-order chi connectivity index (χ1) is 16.7. The molecular weight excluding hydrogens is 428 g/mol. The fourth-order valence-electron chi connectivity index (χ4n) is 4.18. The Balaban J connectivity index is 1.35. The zero-order chi connectivity index (χ0) is 23.3. The Morgan fingerprint density at radius 3 is 2.26 bits per heavy atom. The second-order valence-corrected chi connectivity index (χ2v) is 7.98. The van der Waals surface area contributed by atoms with E-state index in [1.807, 2.05) is 61.5 Å². The average Bonchev–Trinajstić information content (AvgIpc) is 2.90. The fourth-order valence-corrected chi connectivity index (χ4v) is 4.18. The third-order valence-electron chi connectivity index (χ3n) is 5.86. The number of nitrogens with zero attached hydrogens (tertiary/aromatic N) is 5. The van der Waals surface area contributed by atoms with Crippen LogP contribution in [0.25, 0.3) is 10.8 Å². The second-order valence-electron chi connectivity index (χ2n) is 7.98. The summed E-state index contributed by atoms with van der Waals surface area (Å²) in [4.78, 5) is 31.0. The van der Waals surface area contributed by atoms with Crippen LogP contribution in [-0.4, -0.2) is 53.6 Å². The van der Waals surface area contributed by atoms with Gasteiger partial charge in [0.25, 0.3) is 5.91 Å². The van der Waals surface area contributed by atoms with Gasteiger partial charge in [-0.15, -0.1) is 0 Å². The first kappa shape index (κ1) is 21.6. The molecule has 1 saturated heterocycles. The maximum Gasteiger partial charge on any atom is 0.257 e. The van der Waals surface area contributed by atoms with Gasteiger partial charge in [0.2, 0.25) is 5.95 Å². The summed E-state index contributed by atoms with van der Waals surface area (Å²) in [5.41, 5.74) is 1.26. The second kappa shape index (κ2) is 9.74. The van der Waals surface area contributed by atoms with Crippen molar-refractivity contribution in [2.75, 3.05) is 47.9 Å². The standard InChI is InChI=1S/C26H26N6O2/c1-2-34-20-10-8-19(9-11-20)30-25(33)23-18-29-24(22-7-4-3-6-21(22)23)31-14-16-32(17-15-31)26-27-12-5-13-28-26/h3-13,18H,2,14-17H2,1H3,(H,30,33). The van der Waals surface area contributed by atoms with E-state index in [1.165, 1.54) is 0 Å². The number of nitrogens with one attached hydrogen (secondary N) is 1. The number of anilines is 3. The number of aromatic nitrogens is 3. The Hall–Kier alpha value is -4.20. The molecule has 1 amide bonds. The van der Waals surface area contributed by atoms with E-state index in [1.54, 1.807) is 18.6 Å². The van der Waals surface area contributed by atoms with Gasteiger partial charge in [-0.05, 0) is 42.6 Å². The maximum atomic E-state index is 13.1. The molecule has 0 spiro atoms. The van der Waals surface area contributed by atoms with Gasteiger partial charge in [-0.3, -0.25) is 4.79 Å². The van der Waals surface area contributed by atoms with Crippen molar-refractivity contribution in [2.45, 2.75) is 6.92 Å². The lowest BCUT2D eigenvalue weighted by Crippen LogP contribution is -2.47. The molecule has 172 valence electrons. The molecule has 8 heteroatoms. The number of hydrogen-bond acceptors (Lipinski definition) is 7. The van der Waals surface area contributed by atoms with Crippen LogP contribution >= 0.6 is 0 Å². The first-order valence-corrected chi connectivity index (χ1v) is 11.4. The van der Waals surface area contributed by atoms with Crippen LogP contribution < -0.4 is 19.9 Å². The van der Waals surface area contributed by atoms with E-state index in [2.05, 4.69) is 25.1 Å². The number of fused-ring (bicyclic) bond motifs is 1. The third-order valence-corrected chi connectivity index (χ3v) is 5.86. The quantitative estimate of drug-likeness (QED) is 0.471. The highest BCUT2D eigenvalue weighted by molar-refractivity contribution is 6.14. The van der Waals surface area contributed by atoms with E-state index in [9.17, 15) is 4.79 Å². The van der Waals surface area contributed by atoms with Crippen LogP contribution in [0.2, 0.25) is 0 Å². The lowest BCUT2D eigenvalue weighted by atomic mass is 10.1. The molecule has 5 rings (SSSR count). The summed E-state index contributed by atoms with van der Waals surface area (Å²) in [6.07, 6.45) is 5.20. The highest BCUT2D eigenvalue weighted by Gasteiger charge is 2.22. The van der Waals surface area contributed by atoms with Crippen molar-refractivity contribution in [1.82, 2.24) is 15.0 Å². The number of benzene rings is 2. The summed E-state index contributed by atoms with van der Waals surface area (Å²) in [7, 11) is 0. The third kappa shape index (κ3) is 4.47. The zero-order valence-electron chi connectivity index (χ0n) is 19.0. The predicted octanol–water partition coefficient (Wildman–Crippen LogP) is 4.00. The van der Waals surface area contributed by atoms with Crippen LogP contribution in [0.5, 0.6) is 5.75 Å². The van der Waals surface area contributed by atoms with Crippen molar-refractivity contribution in [3.05, 3.63) is 78.8 Å². The van der Waals surface area contributed by atoms with E-state index in [-0.39, 0.29) is 5.91 Å². The van der Waals surface area contributed by atoms with Crippen molar-refractivity contribution in [3.8, 4) is 5.75 Å². The van der Waals surface area contributed by atoms with Crippen molar-refractivity contribution in [3.63, 3.8) is 0 Å². The number of piperazine rings is 1. The normalized spacial score (nSPS) is 13.7. The van der Waals surface area contributed by atoms with Crippen molar-refractivity contribution in [1.29, 1.82) is 0 Å². The van der Waals surface area contributed by atoms with E-state index in [0.29, 0.717) is 17.9 Å². The minimum Gasteiger partial charge on any atom is -0.494 e. The van der Waals surface area contributed by atoms with E-state index < -0.39 is 0 Å². The zero-order valence-corrected chi connectivity index (χ0v) is 19.0. The fraction of sp³-hybridized carbons (Fsp3) is 0.231. The highest BCUT2D eigenvalue weighted by atomic mass is 16.5. The Morgan fingerprint density at radius 1 is 0.882 bits per heavy atom. The minimum atomic E-state index is -0.189. The van der Waals surface area contributed by atoms with Gasteiger partial charge < -0.3 is 19.9 Å². The first-order valence-electron chi connectivity index (χ1n) is 11.4.